The van der Waals surface area contributed by atoms with Gasteiger partial charge in [0, 0.05) is 24.8 Å². The number of aromatic hydroxyl groups is 1. The molecule has 1 fully saturated rings. The van der Waals surface area contributed by atoms with E-state index in [9.17, 15) is 18.3 Å². The smallest absolute Gasteiger partial charge is 0.416 e. The Morgan fingerprint density at radius 2 is 1.86 bits per heavy atom. The Kier molecular flexibility index (Phi) is 6.34. The molecule has 3 N–H and O–H groups in total. The predicted octanol–water partition coefficient (Wildman–Crippen LogP) is 4.02. The highest BCUT2D eigenvalue weighted by Gasteiger charge is 2.38. The summed E-state index contributed by atoms with van der Waals surface area (Å²) in [4.78, 5) is 0. The maximum Gasteiger partial charge on any atom is 0.416 e. The lowest BCUT2D eigenvalue weighted by atomic mass is 9.85. The van der Waals surface area contributed by atoms with E-state index >= 15 is 0 Å². The second kappa shape index (κ2) is 7.17. The average Bonchev–Trinajstić information content (AvgIpc) is 2.40. The van der Waals surface area contributed by atoms with E-state index in [0.29, 0.717) is 26.1 Å². The van der Waals surface area contributed by atoms with Crippen LogP contribution < -0.4 is 5.73 Å². The summed E-state index contributed by atoms with van der Waals surface area (Å²) in [6.07, 6.45) is -3.37. The molecule has 1 saturated heterocycles. The van der Waals surface area contributed by atoms with Gasteiger partial charge in [-0.05, 0) is 46.8 Å². The highest BCUT2D eigenvalue weighted by molar-refractivity contribution is 9.10. The number of nitrogens with two attached hydrogens (primary N) is 1. The van der Waals surface area contributed by atoms with Crippen LogP contribution in [0.4, 0.5) is 13.2 Å². The number of hydrogen-bond acceptors (Lipinski definition) is 3. The summed E-state index contributed by atoms with van der Waals surface area (Å²) < 4.78 is 44.6. The van der Waals surface area contributed by atoms with Gasteiger partial charge in [0.25, 0.3) is 0 Å². The van der Waals surface area contributed by atoms with Gasteiger partial charge >= 0.3 is 6.18 Å². The Bertz CT molecular complexity index is 493. The van der Waals surface area contributed by atoms with Gasteiger partial charge in [0.05, 0.1) is 10.0 Å². The predicted molar refractivity (Wildman–Crippen MR) is 78.5 cm³/mol. The summed E-state index contributed by atoms with van der Waals surface area (Å²) in [5.74, 6) is -0.566. The van der Waals surface area contributed by atoms with Crippen molar-refractivity contribution in [3.63, 3.8) is 0 Å². The molecule has 1 heterocycles. The molecule has 0 bridgehead atoms. The van der Waals surface area contributed by atoms with Gasteiger partial charge in [-0.25, -0.2) is 0 Å². The number of phenols is 1. The lowest BCUT2D eigenvalue weighted by Crippen LogP contribution is -2.29. The molecule has 0 saturated carbocycles. The van der Waals surface area contributed by atoms with Gasteiger partial charge in [-0.2, -0.15) is 13.2 Å². The van der Waals surface area contributed by atoms with Gasteiger partial charge in [0.1, 0.15) is 5.75 Å². The molecule has 21 heavy (non-hydrogen) atoms. The van der Waals surface area contributed by atoms with Gasteiger partial charge in [0.15, 0.2) is 0 Å². The van der Waals surface area contributed by atoms with Crippen LogP contribution in [-0.2, 0) is 10.9 Å². The standard InChI is InChI=1S/C13H15BrF3NO2.ClH/c14-9-2-1-8(13(15,16)17)10(12(9)19)11(18)7-3-5-20-6-4-7;/h1-2,7,11,19H,3-6,18H2;1H/t11-;/m1./s1. The Labute approximate surface area is 135 Å². The zero-order valence-corrected chi connectivity index (χ0v) is 13.4. The fourth-order valence-corrected chi connectivity index (χ4v) is 2.82. The minimum absolute atomic E-state index is 0. The molecular formula is C13H16BrClF3NO2. The normalized spacial score (nSPS) is 18.1. The van der Waals surface area contributed by atoms with Crippen LogP contribution in [0.15, 0.2) is 16.6 Å². The number of alkyl halides is 3. The monoisotopic (exact) mass is 389 g/mol. The van der Waals surface area contributed by atoms with Crippen LogP contribution in [0.5, 0.6) is 5.75 Å². The SMILES string of the molecule is Cl.N[C@@H](c1c(C(F)(F)F)ccc(Br)c1O)C1CCOCC1. The van der Waals surface area contributed by atoms with E-state index in [-0.39, 0.29) is 28.4 Å². The number of hydrogen-bond donors (Lipinski definition) is 2. The minimum atomic E-state index is -4.55. The van der Waals surface area contributed by atoms with Crippen molar-refractivity contribution in [1.29, 1.82) is 0 Å². The van der Waals surface area contributed by atoms with E-state index in [2.05, 4.69) is 15.9 Å². The third-order valence-corrected chi connectivity index (χ3v) is 4.22. The molecule has 1 aromatic carbocycles. The molecule has 0 aliphatic carbocycles. The number of rotatable bonds is 2. The van der Waals surface area contributed by atoms with Crippen LogP contribution in [0.2, 0.25) is 0 Å². The largest absolute Gasteiger partial charge is 0.506 e. The third-order valence-electron chi connectivity index (χ3n) is 3.58. The van der Waals surface area contributed by atoms with Crippen LogP contribution in [0.1, 0.15) is 30.0 Å². The molecule has 0 aromatic heterocycles. The summed E-state index contributed by atoms with van der Waals surface area (Å²) in [6.45, 7) is 0.961. The summed E-state index contributed by atoms with van der Waals surface area (Å²) in [5, 5.41) is 9.98. The minimum Gasteiger partial charge on any atom is -0.506 e. The highest BCUT2D eigenvalue weighted by Crippen LogP contribution is 2.44. The zero-order valence-electron chi connectivity index (χ0n) is 11.0. The fraction of sp³-hybridized carbons (Fsp3) is 0.538. The molecule has 2 rings (SSSR count). The molecular weight excluding hydrogens is 374 g/mol. The van der Waals surface area contributed by atoms with Gasteiger partial charge in [-0.1, -0.05) is 0 Å². The maximum atomic E-state index is 13.1. The van der Waals surface area contributed by atoms with Crippen molar-refractivity contribution in [2.75, 3.05) is 13.2 Å². The molecule has 1 atom stereocenters. The zero-order chi connectivity index (χ0) is 14.9. The molecule has 1 aliphatic rings. The number of phenolic OH excluding ortho intramolecular Hbond substituents is 1. The van der Waals surface area contributed by atoms with Gasteiger partial charge < -0.3 is 15.6 Å². The van der Waals surface area contributed by atoms with Crippen molar-refractivity contribution in [2.45, 2.75) is 25.1 Å². The fourth-order valence-electron chi connectivity index (χ4n) is 2.48. The summed E-state index contributed by atoms with van der Waals surface area (Å²) >= 11 is 3.04. The van der Waals surface area contributed by atoms with Crippen LogP contribution in [-0.4, -0.2) is 18.3 Å². The van der Waals surface area contributed by atoms with Crippen LogP contribution >= 0.6 is 28.3 Å². The van der Waals surface area contributed by atoms with Gasteiger partial charge in [0.2, 0.25) is 0 Å². The van der Waals surface area contributed by atoms with Crippen LogP contribution in [0, 0.1) is 5.92 Å². The lowest BCUT2D eigenvalue weighted by molar-refractivity contribution is -0.138. The van der Waals surface area contributed by atoms with E-state index in [1.54, 1.807) is 0 Å². The molecule has 1 aromatic rings. The van der Waals surface area contributed by atoms with Crippen LogP contribution in [0.3, 0.4) is 0 Å². The van der Waals surface area contributed by atoms with E-state index < -0.39 is 23.5 Å². The van der Waals surface area contributed by atoms with Crippen molar-refractivity contribution in [3.05, 3.63) is 27.7 Å². The van der Waals surface area contributed by atoms with Crippen molar-refractivity contribution in [2.24, 2.45) is 11.7 Å². The van der Waals surface area contributed by atoms with Crippen molar-refractivity contribution in [3.8, 4) is 5.75 Å². The number of halogens is 5. The van der Waals surface area contributed by atoms with Crippen LogP contribution in [0.25, 0.3) is 0 Å². The summed E-state index contributed by atoms with van der Waals surface area (Å²) in [7, 11) is 0. The topological polar surface area (TPSA) is 55.5 Å². The molecule has 0 spiro atoms. The first-order valence-electron chi connectivity index (χ1n) is 6.24. The molecule has 8 heteroatoms. The Hall–Kier alpha value is -0.500. The number of benzene rings is 1. The first-order chi connectivity index (χ1) is 9.32. The van der Waals surface area contributed by atoms with Crippen molar-refractivity contribution in [1.82, 2.24) is 0 Å². The second-order valence-corrected chi connectivity index (χ2v) is 5.68. The quantitative estimate of drug-likeness (QED) is 0.802. The molecule has 1 aliphatic heterocycles. The molecule has 0 radical (unpaired) electrons. The highest BCUT2D eigenvalue weighted by atomic mass is 79.9. The average molecular weight is 391 g/mol. The molecule has 120 valence electrons. The van der Waals surface area contributed by atoms with E-state index in [1.165, 1.54) is 6.07 Å². The van der Waals surface area contributed by atoms with Gasteiger partial charge in [-0.3, -0.25) is 0 Å². The first kappa shape index (κ1) is 18.5. The number of ether oxygens (including phenoxy) is 1. The van der Waals surface area contributed by atoms with Crippen molar-refractivity contribution < 1.29 is 23.0 Å². The Balaban J connectivity index is 0.00000220. The Morgan fingerprint density at radius 1 is 1.29 bits per heavy atom. The lowest BCUT2D eigenvalue weighted by Gasteiger charge is -2.30. The van der Waals surface area contributed by atoms with E-state index in [4.69, 9.17) is 10.5 Å². The Morgan fingerprint density at radius 3 is 2.38 bits per heavy atom. The molecule has 0 unspecified atom stereocenters. The summed E-state index contributed by atoms with van der Waals surface area (Å²) in [5.41, 5.74) is 4.89. The first-order valence-corrected chi connectivity index (χ1v) is 7.03. The molecule has 0 amide bonds. The second-order valence-electron chi connectivity index (χ2n) is 4.83. The van der Waals surface area contributed by atoms with E-state index in [1.807, 2.05) is 0 Å². The maximum absolute atomic E-state index is 13.1. The van der Waals surface area contributed by atoms with E-state index in [0.717, 1.165) is 6.07 Å². The molecule has 3 nitrogen and oxygen atoms in total. The van der Waals surface area contributed by atoms with Crippen molar-refractivity contribution >= 4 is 28.3 Å². The third kappa shape index (κ3) is 4.03. The van der Waals surface area contributed by atoms with Gasteiger partial charge in [-0.15, -0.1) is 12.4 Å². The summed E-state index contributed by atoms with van der Waals surface area (Å²) in [6, 6.07) is 1.25.